The fraction of sp³-hybridized carbons (Fsp3) is 0.0400. The predicted molar refractivity (Wildman–Crippen MR) is 318 cm³/mol. The molecule has 0 radical (unpaired) electrons. The predicted octanol–water partition coefficient (Wildman–Crippen LogP) is 19.5. The standard InChI is InChI=1S/C75H53N/c1-5-19-52(20-6-1)53-33-35-54(36-34-53)55-37-43-63(44-38-55)76(62-25-11-4-12-26-62)64-45-39-56(40-46-64)65-27-13-14-28-66(65)57-41-47-67-59(49-57)50-72(69-30-16-15-29-68(67)69)58-42-48-71-70-31-17-18-32-73(70)75(74(71)51-58,60-21-7-2-8-22-60)61-23-9-3-10-24-61/h1-49,51,72H,50H2. The van der Waals surface area contributed by atoms with E-state index in [1.54, 1.807) is 0 Å². The average molecular weight is 968 g/mol. The fourth-order valence-corrected chi connectivity index (χ4v) is 12.6. The van der Waals surface area contributed by atoms with E-state index in [9.17, 15) is 0 Å². The van der Waals surface area contributed by atoms with Gasteiger partial charge in [0.25, 0.3) is 0 Å². The SMILES string of the molecule is c1ccc(-c2ccc(-c3ccc(N(c4ccccc4)c4ccc(-c5ccccc5-c5ccc6c(c5)CC(c5ccc7c(c5)C(c5ccccc5)(c5ccccc5)c5ccccc5-7)c5ccccc5-6)cc4)cc3)cc2)cc1. The number of hydrogen-bond acceptors (Lipinski definition) is 1. The number of anilines is 3. The van der Waals surface area contributed by atoms with Crippen molar-refractivity contribution in [3.05, 3.63) is 342 Å². The van der Waals surface area contributed by atoms with Crippen LogP contribution in [-0.2, 0) is 11.8 Å². The summed E-state index contributed by atoms with van der Waals surface area (Å²) in [6, 6.07) is 112. The monoisotopic (exact) mass is 967 g/mol. The van der Waals surface area contributed by atoms with Gasteiger partial charge in [0.05, 0.1) is 5.41 Å². The molecule has 76 heavy (non-hydrogen) atoms. The third kappa shape index (κ3) is 7.71. The Bertz CT molecular complexity index is 3990. The maximum Gasteiger partial charge on any atom is 0.0713 e. The molecule has 0 saturated heterocycles. The van der Waals surface area contributed by atoms with Gasteiger partial charge in [0.1, 0.15) is 0 Å². The molecule has 2 aliphatic carbocycles. The van der Waals surface area contributed by atoms with Crippen LogP contribution in [-0.4, -0.2) is 0 Å². The summed E-state index contributed by atoms with van der Waals surface area (Å²) < 4.78 is 0. The Hall–Kier alpha value is -9.56. The lowest BCUT2D eigenvalue weighted by atomic mass is 9.67. The molecule has 1 heteroatoms. The van der Waals surface area contributed by atoms with Crippen molar-refractivity contribution in [3.8, 4) is 66.8 Å². The minimum absolute atomic E-state index is 0.176. The second kappa shape index (κ2) is 19.0. The van der Waals surface area contributed by atoms with Crippen LogP contribution in [0.3, 0.4) is 0 Å². The summed E-state index contributed by atoms with van der Waals surface area (Å²) in [5.41, 5.74) is 27.2. The first-order valence-electron chi connectivity index (χ1n) is 26.6. The van der Waals surface area contributed by atoms with E-state index >= 15 is 0 Å². The molecule has 0 fully saturated rings. The minimum atomic E-state index is -0.450. The second-order valence-electron chi connectivity index (χ2n) is 20.3. The molecular weight excluding hydrogens is 915 g/mol. The van der Waals surface area contributed by atoms with Crippen LogP contribution in [0.2, 0.25) is 0 Å². The zero-order valence-electron chi connectivity index (χ0n) is 42.1. The van der Waals surface area contributed by atoms with Crippen LogP contribution in [0.5, 0.6) is 0 Å². The third-order valence-corrected chi connectivity index (χ3v) is 16.2. The Kier molecular flexibility index (Phi) is 11.3. The molecule has 12 aromatic carbocycles. The molecule has 0 heterocycles. The smallest absolute Gasteiger partial charge is 0.0713 e. The van der Waals surface area contributed by atoms with Crippen LogP contribution < -0.4 is 4.90 Å². The average Bonchev–Trinajstić information content (AvgIpc) is 4.01. The number of nitrogens with zero attached hydrogens (tertiary/aromatic N) is 1. The highest BCUT2D eigenvalue weighted by molar-refractivity contribution is 5.89. The van der Waals surface area contributed by atoms with Crippen molar-refractivity contribution in [1.82, 2.24) is 0 Å². The molecule has 0 aliphatic heterocycles. The summed E-state index contributed by atoms with van der Waals surface area (Å²) in [6.07, 6.45) is 0.906. The van der Waals surface area contributed by atoms with E-state index in [4.69, 9.17) is 0 Å². The van der Waals surface area contributed by atoms with Crippen molar-refractivity contribution in [2.45, 2.75) is 17.8 Å². The van der Waals surface area contributed by atoms with Gasteiger partial charge in [-0.15, -0.1) is 0 Å². The molecular formula is C75H53N. The van der Waals surface area contributed by atoms with Gasteiger partial charge in [0.2, 0.25) is 0 Å². The fourth-order valence-electron chi connectivity index (χ4n) is 12.6. The van der Waals surface area contributed by atoms with E-state index in [0.717, 1.165) is 23.5 Å². The number of para-hydroxylation sites is 1. The van der Waals surface area contributed by atoms with Crippen molar-refractivity contribution in [1.29, 1.82) is 0 Å². The number of benzene rings is 12. The summed E-state index contributed by atoms with van der Waals surface area (Å²) >= 11 is 0. The van der Waals surface area contributed by atoms with Gasteiger partial charge in [-0.1, -0.05) is 267 Å². The largest absolute Gasteiger partial charge is 0.311 e. The highest BCUT2D eigenvalue weighted by Gasteiger charge is 2.46. The van der Waals surface area contributed by atoms with E-state index in [1.807, 2.05) is 0 Å². The first-order valence-corrected chi connectivity index (χ1v) is 26.6. The number of hydrogen-bond donors (Lipinski definition) is 0. The molecule has 0 bridgehead atoms. The lowest BCUT2D eigenvalue weighted by molar-refractivity contribution is 0.754. The molecule has 1 nitrogen and oxygen atoms in total. The third-order valence-electron chi connectivity index (χ3n) is 16.2. The Morgan fingerprint density at radius 3 is 1.32 bits per heavy atom. The molecule has 0 amide bonds. The maximum absolute atomic E-state index is 2.56. The molecule has 0 N–H and O–H groups in total. The van der Waals surface area contributed by atoms with Crippen molar-refractivity contribution in [2.24, 2.45) is 0 Å². The molecule has 2 aliphatic rings. The van der Waals surface area contributed by atoms with Gasteiger partial charge in [-0.25, -0.2) is 0 Å². The molecule has 0 spiro atoms. The summed E-state index contributed by atoms with van der Waals surface area (Å²) in [4.78, 5) is 2.35. The zero-order chi connectivity index (χ0) is 50.4. The summed E-state index contributed by atoms with van der Waals surface area (Å²) in [7, 11) is 0. The highest BCUT2D eigenvalue weighted by Crippen LogP contribution is 2.57. The van der Waals surface area contributed by atoms with Gasteiger partial charge in [-0.3, -0.25) is 0 Å². The van der Waals surface area contributed by atoms with Crippen molar-refractivity contribution >= 4 is 17.1 Å². The van der Waals surface area contributed by atoms with E-state index in [-0.39, 0.29) is 5.92 Å². The molecule has 358 valence electrons. The topological polar surface area (TPSA) is 3.24 Å². The van der Waals surface area contributed by atoms with Crippen molar-refractivity contribution in [2.75, 3.05) is 4.90 Å². The van der Waals surface area contributed by atoms with Gasteiger partial charge in [0.15, 0.2) is 0 Å². The highest BCUT2D eigenvalue weighted by atomic mass is 15.1. The molecule has 14 rings (SSSR count). The molecule has 0 aromatic heterocycles. The van der Waals surface area contributed by atoms with Crippen LogP contribution in [0.25, 0.3) is 66.8 Å². The van der Waals surface area contributed by atoms with Gasteiger partial charge >= 0.3 is 0 Å². The van der Waals surface area contributed by atoms with Gasteiger partial charge < -0.3 is 4.90 Å². The van der Waals surface area contributed by atoms with Gasteiger partial charge in [-0.05, 0) is 149 Å². The Labute approximate surface area is 446 Å². The molecule has 0 saturated carbocycles. The maximum atomic E-state index is 2.56. The molecule has 1 atom stereocenters. The van der Waals surface area contributed by atoms with Crippen LogP contribution in [0.4, 0.5) is 17.1 Å². The second-order valence-corrected chi connectivity index (χ2v) is 20.3. The van der Waals surface area contributed by atoms with E-state index < -0.39 is 5.41 Å². The van der Waals surface area contributed by atoms with E-state index in [0.29, 0.717) is 0 Å². The normalized spacial score (nSPS) is 13.7. The summed E-state index contributed by atoms with van der Waals surface area (Å²) in [6.45, 7) is 0. The first-order chi connectivity index (χ1) is 37.7. The summed E-state index contributed by atoms with van der Waals surface area (Å²) in [5.74, 6) is 0.176. The van der Waals surface area contributed by atoms with Crippen molar-refractivity contribution in [3.63, 3.8) is 0 Å². The van der Waals surface area contributed by atoms with Crippen LogP contribution in [0.1, 0.15) is 44.9 Å². The Morgan fingerprint density at radius 2 is 0.697 bits per heavy atom. The Balaban J connectivity index is 0.798. The van der Waals surface area contributed by atoms with E-state index in [1.165, 1.54) is 106 Å². The lowest BCUT2D eigenvalue weighted by Crippen LogP contribution is -2.28. The van der Waals surface area contributed by atoms with Gasteiger partial charge in [0, 0.05) is 23.0 Å². The van der Waals surface area contributed by atoms with E-state index in [2.05, 4.69) is 308 Å². The minimum Gasteiger partial charge on any atom is -0.311 e. The van der Waals surface area contributed by atoms with Gasteiger partial charge in [-0.2, -0.15) is 0 Å². The van der Waals surface area contributed by atoms with Crippen LogP contribution in [0, 0.1) is 0 Å². The van der Waals surface area contributed by atoms with Crippen molar-refractivity contribution < 1.29 is 0 Å². The summed E-state index contributed by atoms with van der Waals surface area (Å²) in [5, 5.41) is 0. The molecule has 12 aromatic rings. The quantitative estimate of drug-likeness (QED) is 0.132. The van der Waals surface area contributed by atoms with Crippen LogP contribution >= 0.6 is 0 Å². The lowest BCUT2D eigenvalue weighted by Gasteiger charge is -2.35. The van der Waals surface area contributed by atoms with Crippen LogP contribution in [0.15, 0.2) is 303 Å². The first kappa shape index (κ1) is 45.1. The molecule has 1 unspecified atom stereocenters. The number of fused-ring (bicyclic) bond motifs is 6. The zero-order valence-corrected chi connectivity index (χ0v) is 42.1. The number of rotatable bonds is 10. The Morgan fingerprint density at radius 1 is 0.276 bits per heavy atom.